The molecule has 4 aliphatic rings. The molecule has 5 rings (SSSR count). The van der Waals surface area contributed by atoms with Crippen LogP contribution in [0.4, 0.5) is 4.79 Å². The van der Waals surface area contributed by atoms with Crippen LogP contribution in [0.5, 0.6) is 0 Å². The summed E-state index contributed by atoms with van der Waals surface area (Å²) >= 11 is 0. The average Bonchev–Trinajstić information content (AvgIpc) is 3.36. The van der Waals surface area contributed by atoms with E-state index in [9.17, 15) is 4.79 Å². The van der Waals surface area contributed by atoms with Gasteiger partial charge in [-0.3, -0.25) is 4.90 Å². The van der Waals surface area contributed by atoms with Crippen molar-refractivity contribution in [1.29, 1.82) is 0 Å². The lowest BCUT2D eigenvalue weighted by atomic mass is 9.86. The molecule has 1 atom stereocenters. The van der Waals surface area contributed by atoms with Gasteiger partial charge in [-0.2, -0.15) is 0 Å². The first-order valence-electron chi connectivity index (χ1n) is 9.37. The highest BCUT2D eigenvalue weighted by Crippen LogP contribution is 2.46. The van der Waals surface area contributed by atoms with Crippen LogP contribution in [0.25, 0.3) is 0 Å². The number of nitrogens with zero attached hydrogens (tertiary/aromatic N) is 1. The first-order chi connectivity index (χ1) is 11.6. The third kappa shape index (κ3) is 3.04. The Morgan fingerprint density at radius 2 is 2.04 bits per heavy atom. The Balaban J connectivity index is 1.41. The molecule has 130 valence electrons. The molecule has 3 heterocycles. The highest BCUT2D eigenvalue weighted by molar-refractivity contribution is 5.70. The molecule has 1 aliphatic carbocycles. The van der Waals surface area contributed by atoms with Gasteiger partial charge in [-0.05, 0) is 61.7 Å². The van der Waals surface area contributed by atoms with Crippen molar-refractivity contribution in [2.75, 3.05) is 19.6 Å². The van der Waals surface area contributed by atoms with E-state index in [1.807, 2.05) is 0 Å². The van der Waals surface area contributed by atoms with Crippen LogP contribution in [0.15, 0.2) is 24.3 Å². The molecule has 1 amide bonds. The summed E-state index contributed by atoms with van der Waals surface area (Å²) in [6.45, 7) is 7.64. The molecule has 4 fully saturated rings. The van der Waals surface area contributed by atoms with Crippen LogP contribution < -0.4 is 5.32 Å². The molecule has 1 aromatic rings. The molecule has 0 aromatic heterocycles. The first kappa shape index (κ1) is 15.9. The predicted octanol–water partition coefficient (Wildman–Crippen LogP) is 3.62. The normalized spacial score (nSPS) is 30.2. The third-order valence-corrected chi connectivity index (χ3v) is 6.05. The van der Waals surface area contributed by atoms with E-state index in [2.05, 4.69) is 48.3 Å². The number of hydrogen-bond donors (Lipinski definition) is 1. The Morgan fingerprint density at radius 3 is 2.62 bits per heavy atom. The number of carbonyl (C=O) groups excluding carboxylic acids is 1. The lowest BCUT2D eigenvalue weighted by molar-refractivity contribution is -0.0342. The molecule has 0 spiro atoms. The molecule has 3 aliphatic heterocycles. The average molecular weight is 328 g/mol. The van der Waals surface area contributed by atoms with Gasteiger partial charge in [0.15, 0.2) is 0 Å². The van der Waals surface area contributed by atoms with Crippen molar-refractivity contribution >= 4 is 6.09 Å². The van der Waals surface area contributed by atoms with Gasteiger partial charge in [-0.15, -0.1) is 0 Å². The topological polar surface area (TPSA) is 41.6 Å². The van der Waals surface area contributed by atoms with Gasteiger partial charge in [0.05, 0.1) is 5.54 Å². The molecule has 1 unspecified atom stereocenters. The molecular formula is C20H28N2O2. The number of piperidine rings is 3. The summed E-state index contributed by atoms with van der Waals surface area (Å²) in [6.07, 6.45) is 4.18. The lowest BCUT2D eigenvalue weighted by Gasteiger charge is -2.44. The van der Waals surface area contributed by atoms with E-state index in [4.69, 9.17) is 4.74 Å². The van der Waals surface area contributed by atoms with Crippen LogP contribution in [0.3, 0.4) is 0 Å². The summed E-state index contributed by atoms with van der Waals surface area (Å²) in [4.78, 5) is 14.9. The molecule has 1 N–H and O–H groups in total. The van der Waals surface area contributed by atoms with E-state index < -0.39 is 0 Å². The minimum absolute atomic E-state index is 0.0744. The van der Waals surface area contributed by atoms with Crippen LogP contribution in [-0.2, 0) is 10.3 Å². The molecule has 1 aromatic carbocycles. The van der Waals surface area contributed by atoms with Crippen LogP contribution in [0.1, 0.15) is 56.6 Å². The molecule has 4 heteroatoms. The Kier molecular flexibility index (Phi) is 4.03. The van der Waals surface area contributed by atoms with E-state index >= 15 is 0 Å². The maximum Gasteiger partial charge on any atom is 0.408 e. The first-order valence-corrected chi connectivity index (χ1v) is 9.37. The Morgan fingerprint density at radius 1 is 1.29 bits per heavy atom. The van der Waals surface area contributed by atoms with Crippen molar-refractivity contribution < 1.29 is 9.53 Å². The monoisotopic (exact) mass is 328 g/mol. The van der Waals surface area contributed by atoms with Crippen LogP contribution in [-0.4, -0.2) is 36.7 Å². The number of fused-ring (bicyclic) bond motifs is 3. The summed E-state index contributed by atoms with van der Waals surface area (Å²) in [5.74, 6) is 1.06. The zero-order chi connectivity index (χ0) is 16.7. The second kappa shape index (κ2) is 6.07. The fourth-order valence-electron chi connectivity index (χ4n) is 4.21. The van der Waals surface area contributed by atoms with Crippen LogP contribution >= 0.6 is 0 Å². The van der Waals surface area contributed by atoms with Crippen LogP contribution in [0, 0.1) is 5.92 Å². The van der Waals surface area contributed by atoms with Crippen molar-refractivity contribution in [3.05, 3.63) is 35.4 Å². The number of carbonyl (C=O) groups is 1. The van der Waals surface area contributed by atoms with Gasteiger partial charge in [0, 0.05) is 6.54 Å². The van der Waals surface area contributed by atoms with E-state index in [0.29, 0.717) is 11.8 Å². The summed E-state index contributed by atoms with van der Waals surface area (Å²) in [7, 11) is 0. The third-order valence-electron chi connectivity index (χ3n) is 6.05. The summed E-state index contributed by atoms with van der Waals surface area (Å²) in [6, 6.07) is 8.64. The Hall–Kier alpha value is -1.55. The quantitative estimate of drug-likeness (QED) is 0.918. The molecular weight excluding hydrogens is 300 g/mol. The van der Waals surface area contributed by atoms with E-state index in [0.717, 1.165) is 32.5 Å². The SMILES string of the molecule is CC(C)c1cccc(C2(NC(=O)OC3CN4CCC3CC4)CC2)c1. The van der Waals surface area contributed by atoms with Gasteiger partial charge in [-0.25, -0.2) is 4.79 Å². The van der Waals surface area contributed by atoms with Crippen molar-refractivity contribution in [3.8, 4) is 0 Å². The van der Waals surface area contributed by atoms with Crippen molar-refractivity contribution in [1.82, 2.24) is 10.2 Å². The minimum Gasteiger partial charge on any atom is -0.445 e. The lowest BCUT2D eigenvalue weighted by Crippen LogP contribution is -2.53. The fraction of sp³-hybridized carbons (Fsp3) is 0.650. The Labute approximate surface area is 144 Å². The molecule has 0 radical (unpaired) electrons. The second-order valence-corrected chi connectivity index (χ2v) is 8.07. The number of hydrogen-bond acceptors (Lipinski definition) is 3. The smallest absolute Gasteiger partial charge is 0.408 e. The number of rotatable bonds is 4. The summed E-state index contributed by atoms with van der Waals surface area (Å²) in [5.41, 5.74) is 2.35. The number of nitrogens with one attached hydrogen (secondary N) is 1. The van der Waals surface area contributed by atoms with E-state index in [1.54, 1.807) is 0 Å². The largest absolute Gasteiger partial charge is 0.445 e. The van der Waals surface area contributed by atoms with Crippen LogP contribution in [0.2, 0.25) is 0 Å². The molecule has 4 nitrogen and oxygen atoms in total. The van der Waals surface area contributed by atoms with Gasteiger partial charge < -0.3 is 10.1 Å². The zero-order valence-electron chi connectivity index (χ0n) is 14.8. The number of amides is 1. The zero-order valence-corrected chi connectivity index (χ0v) is 14.8. The highest BCUT2D eigenvalue weighted by Gasteiger charge is 2.47. The molecule has 1 saturated carbocycles. The van der Waals surface area contributed by atoms with Crippen molar-refractivity contribution in [2.45, 2.75) is 57.1 Å². The maximum absolute atomic E-state index is 12.5. The van der Waals surface area contributed by atoms with Gasteiger partial charge in [0.2, 0.25) is 0 Å². The predicted molar refractivity (Wildman–Crippen MR) is 94.0 cm³/mol. The van der Waals surface area contributed by atoms with E-state index in [1.165, 1.54) is 24.0 Å². The second-order valence-electron chi connectivity index (χ2n) is 8.07. The summed E-state index contributed by atoms with van der Waals surface area (Å²) < 4.78 is 5.81. The summed E-state index contributed by atoms with van der Waals surface area (Å²) in [5, 5.41) is 3.18. The van der Waals surface area contributed by atoms with Crippen molar-refractivity contribution in [2.24, 2.45) is 5.92 Å². The van der Waals surface area contributed by atoms with Gasteiger partial charge in [-0.1, -0.05) is 38.1 Å². The minimum atomic E-state index is -0.235. The number of benzene rings is 1. The maximum atomic E-state index is 12.5. The Bertz CT molecular complexity index is 616. The molecule has 24 heavy (non-hydrogen) atoms. The van der Waals surface area contributed by atoms with Gasteiger partial charge in [0.25, 0.3) is 0 Å². The molecule has 3 saturated heterocycles. The van der Waals surface area contributed by atoms with Gasteiger partial charge >= 0.3 is 6.09 Å². The van der Waals surface area contributed by atoms with Crippen molar-refractivity contribution in [3.63, 3.8) is 0 Å². The number of ether oxygens (including phenoxy) is 1. The number of alkyl carbamates (subject to hydrolysis) is 1. The highest BCUT2D eigenvalue weighted by atomic mass is 16.6. The standard InChI is InChI=1S/C20H28N2O2/c1-14(2)16-4-3-5-17(12-16)20(8-9-20)21-19(23)24-18-13-22-10-6-15(18)7-11-22/h3-5,12,14-15,18H,6-11,13H2,1-2H3,(H,21,23). The van der Waals surface area contributed by atoms with E-state index in [-0.39, 0.29) is 17.7 Å². The van der Waals surface area contributed by atoms with Gasteiger partial charge in [0.1, 0.15) is 6.10 Å². The molecule has 2 bridgehead atoms. The fourth-order valence-corrected chi connectivity index (χ4v) is 4.21.